The predicted molar refractivity (Wildman–Crippen MR) is 122 cm³/mol. The lowest BCUT2D eigenvalue weighted by atomic mass is 9.84. The molecular formula is C23H31BN3O3. The van der Waals surface area contributed by atoms with Crippen LogP contribution in [0.25, 0.3) is 0 Å². The van der Waals surface area contributed by atoms with Crippen molar-refractivity contribution in [2.24, 2.45) is 5.41 Å². The maximum Gasteiger partial charge on any atom is 0.328 e. The Morgan fingerprint density at radius 2 is 1.70 bits per heavy atom. The Hall–Kier alpha value is -2.80. The van der Waals surface area contributed by atoms with E-state index in [9.17, 15) is 14.6 Å². The maximum atomic E-state index is 13.5. The Bertz CT molecular complexity index is 918. The van der Waals surface area contributed by atoms with E-state index in [4.69, 9.17) is 5.73 Å². The van der Waals surface area contributed by atoms with Crippen molar-refractivity contribution < 1.29 is 14.6 Å². The van der Waals surface area contributed by atoms with E-state index in [1.54, 1.807) is 12.1 Å². The van der Waals surface area contributed by atoms with Crippen molar-refractivity contribution in [2.75, 3.05) is 5.73 Å². The molecule has 7 heteroatoms. The average molecular weight is 408 g/mol. The van der Waals surface area contributed by atoms with Gasteiger partial charge >= 0.3 is 7.48 Å². The second-order valence-corrected chi connectivity index (χ2v) is 8.76. The summed E-state index contributed by atoms with van der Waals surface area (Å²) in [5, 5.41) is 10.6. The number of carbonyl (C=O) groups is 2. The SMILES string of the molecule is CC[C@@H](N(NC(=O)c1ccc([B]O)c(N)c1)C(=O)c1cc(C)cc(C)c1)C(C)(C)C. The Morgan fingerprint density at radius 3 is 2.17 bits per heavy atom. The number of rotatable bonds is 5. The van der Waals surface area contributed by atoms with Crippen LogP contribution in [0.3, 0.4) is 0 Å². The van der Waals surface area contributed by atoms with Crippen molar-refractivity contribution in [2.45, 2.75) is 54.0 Å². The number of amides is 2. The standard InChI is InChI=1S/C23H31BN3O3/c1-7-20(23(4,5)6)27(22(29)17-11-14(2)10-15(3)12-17)26-21(28)16-8-9-18(24-30)19(25)13-16/h8-13,20,30H,7,25H2,1-6H3,(H,26,28)/t20-/m1/s1. The lowest BCUT2D eigenvalue weighted by Crippen LogP contribution is -2.56. The normalized spacial score (nSPS) is 12.2. The maximum absolute atomic E-state index is 13.5. The van der Waals surface area contributed by atoms with Gasteiger partial charge in [0.2, 0.25) is 0 Å². The number of nitrogens with one attached hydrogen (secondary N) is 1. The number of nitrogens with zero attached hydrogens (tertiary/aromatic N) is 1. The smallest absolute Gasteiger partial charge is 0.328 e. The molecule has 0 aliphatic heterocycles. The molecule has 0 aromatic heterocycles. The van der Waals surface area contributed by atoms with Crippen LogP contribution in [0, 0.1) is 19.3 Å². The first-order valence-electron chi connectivity index (χ1n) is 10.1. The summed E-state index contributed by atoms with van der Waals surface area (Å²) in [6.07, 6.45) is 0.668. The molecule has 6 nitrogen and oxygen atoms in total. The van der Waals surface area contributed by atoms with E-state index in [0.717, 1.165) is 18.6 Å². The monoisotopic (exact) mass is 408 g/mol. The lowest BCUT2D eigenvalue weighted by molar-refractivity contribution is 0.0285. The van der Waals surface area contributed by atoms with Gasteiger partial charge in [-0.25, -0.2) is 5.01 Å². The van der Waals surface area contributed by atoms with Gasteiger partial charge < -0.3 is 10.8 Å². The second kappa shape index (κ2) is 9.35. The zero-order chi connectivity index (χ0) is 22.6. The average Bonchev–Trinajstić information content (AvgIpc) is 2.65. The number of hydrazine groups is 1. The van der Waals surface area contributed by atoms with Crippen LogP contribution in [-0.2, 0) is 0 Å². The summed E-state index contributed by atoms with van der Waals surface area (Å²) in [7, 11) is 0.889. The predicted octanol–water partition coefficient (Wildman–Crippen LogP) is 2.73. The van der Waals surface area contributed by atoms with Gasteiger partial charge in [-0.3, -0.25) is 15.0 Å². The van der Waals surface area contributed by atoms with Crippen molar-refractivity contribution in [3.63, 3.8) is 0 Å². The minimum atomic E-state index is -0.438. The van der Waals surface area contributed by atoms with Gasteiger partial charge in [-0.1, -0.05) is 51.0 Å². The van der Waals surface area contributed by atoms with Crippen LogP contribution in [0.5, 0.6) is 0 Å². The molecule has 1 atom stereocenters. The number of carbonyl (C=O) groups excluding carboxylic acids is 2. The van der Waals surface area contributed by atoms with Gasteiger partial charge in [0, 0.05) is 16.8 Å². The Kier molecular flexibility index (Phi) is 7.32. The highest BCUT2D eigenvalue weighted by molar-refractivity contribution is 6.48. The van der Waals surface area contributed by atoms with Crippen LogP contribution in [0.1, 0.15) is 66.0 Å². The van der Waals surface area contributed by atoms with Crippen molar-refractivity contribution in [1.82, 2.24) is 10.4 Å². The number of anilines is 1. The van der Waals surface area contributed by atoms with Crippen molar-refractivity contribution >= 4 is 30.4 Å². The quantitative estimate of drug-likeness (QED) is 0.403. The molecule has 2 rings (SSSR count). The van der Waals surface area contributed by atoms with Crippen molar-refractivity contribution in [1.29, 1.82) is 0 Å². The highest BCUT2D eigenvalue weighted by atomic mass is 16.2. The number of hydrogen-bond donors (Lipinski definition) is 3. The first-order valence-corrected chi connectivity index (χ1v) is 10.1. The minimum absolute atomic E-state index is 0.225. The highest BCUT2D eigenvalue weighted by Gasteiger charge is 2.34. The fourth-order valence-corrected chi connectivity index (χ4v) is 3.70. The second-order valence-electron chi connectivity index (χ2n) is 8.76. The molecule has 30 heavy (non-hydrogen) atoms. The van der Waals surface area contributed by atoms with Gasteiger partial charge in [-0.15, -0.1) is 0 Å². The molecule has 0 saturated heterocycles. The number of benzene rings is 2. The molecule has 0 heterocycles. The molecule has 4 N–H and O–H groups in total. The number of aryl methyl sites for hydroxylation is 2. The zero-order valence-electron chi connectivity index (χ0n) is 18.6. The molecule has 0 fully saturated rings. The molecule has 0 spiro atoms. The zero-order valence-corrected chi connectivity index (χ0v) is 18.6. The summed E-state index contributed by atoms with van der Waals surface area (Å²) in [6.45, 7) is 12.0. The summed E-state index contributed by atoms with van der Waals surface area (Å²) in [5.41, 5.74) is 11.9. The van der Waals surface area contributed by atoms with Crippen LogP contribution in [0.4, 0.5) is 5.69 Å². The molecule has 0 aliphatic carbocycles. The summed E-state index contributed by atoms with van der Waals surface area (Å²) < 4.78 is 0. The third-order valence-electron chi connectivity index (χ3n) is 5.10. The van der Waals surface area contributed by atoms with Crippen molar-refractivity contribution in [3.8, 4) is 0 Å². The van der Waals surface area contributed by atoms with Crippen LogP contribution >= 0.6 is 0 Å². The molecular weight excluding hydrogens is 377 g/mol. The molecule has 159 valence electrons. The fraction of sp³-hybridized carbons (Fsp3) is 0.391. The van der Waals surface area contributed by atoms with Crippen LogP contribution in [0.2, 0.25) is 0 Å². The topological polar surface area (TPSA) is 95.7 Å². The van der Waals surface area contributed by atoms with E-state index < -0.39 is 5.91 Å². The summed E-state index contributed by atoms with van der Waals surface area (Å²) in [5.74, 6) is -0.697. The van der Waals surface area contributed by atoms with Gasteiger partial charge in [-0.05, 0) is 55.4 Å². The lowest BCUT2D eigenvalue weighted by Gasteiger charge is -2.39. The van der Waals surface area contributed by atoms with Crippen molar-refractivity contribution in [3.05, 3.63) is 58.7 Å². The summed E-state index contributed by atoms with van der Waals surface area (Å²) in [4.78, 5) is 26.5. The van der Waals surface area contributed by atoms with E-state index in [-0.39, 0.29) is 23.1 Å². The van der Waals surface area contributed by atoms with E-state index in [1.807, 2.05) is 59.7 Å². The molecule has 0 bridgehead atoms. The van der Waals surface area contributed by atoms with Gasteiger partial charge in [0.25, 0.3) is 11.8 Å². The van der Waals surface area contributed by atoms with E-state index in [0.29, 0.717) is 23.0 Å². The highest BCUT2D eigenvalue weighted by Crippen LogP contribution is 2.27. The van der Waals surface area contributed by atoms with Crippen LogP contribution in [0.15, 0.2) is 36.4 Å². The minimum Gasteiger partial charge on any atom is -0.450 e. The first kappa shape index (κ1) is 23.5. The number of nitrogen functional groups attached to an aromatic ring is 1. The molecule has 0 aliphatic rings. The van der Waals surface area contributed by atoms with Crippen LogP contribution < -0.4 is 16.6 Å². The van der Waals surface area contributed by atoms with E-state index in [2.05, 4.69) is 5.43 Å². The molecule has 1 radical (unpaired) electrons. The number of hydrogen-bond acceptors (Lipinski definition) is 4. The van der Waals surface area contributed by atoms with Gasteiger partial charge in [0.05, 0.1) is 6.04 Å². The number of nitrogens with two attached hydrogens (primary N) is 1. The third-order valence-corrected chi connectivity index (χ3v) is 5.10. The first-order chi connectivity index (χ1) is 14.0. The Morgan fingerprint density at radius 1 is 1.10 bits per heavy atom. The Balaban J connectivity index is 2.44. The Labute approximate surface area is 179 Å². The molecule has 2 aromatic carbocycles. The van der Waals surface area contributed by atoms with Gasteiger partial charge in [0.1, 0.15) is 0 Å². The largest absolute Gasteiger partial charge is 0.450 e. The molecule has 2 aromatic rings. The summed E-state index contributed by atoms with van der Waals surface area (Å²) in [6, 6.07) is 10.0. The summed E-state index contributed by atoms with van der Waals surface area (Å²) >= 11 is 0. The third kappa shape index (κ3) is 5.42. The van der Waals surface area contributed by atoms with Crippen LogP contribution in [-0.4, -0.2) is 35.4 Å². The van der Waals surface area contributed by atoms with Gasteiger partial charge in [-0.2, -0.15) is 0 Å². The van der Waals surface area contributed by atoms with E-state index in [1.165, 1.54) is 11.1 Å². The molecule has 0 unspecified atom stereocenters. The van der Waals surface area contributed by atoms with Gasteiger partial charge in [0.15, 0.2) is 0 Å². The van der Waals surface area contributed by atoms with E-state index >= 15 is 0 Å². The molecule has 2 amide bonds. The fourth-order valence-electron chi connectivity index (χ4n) is 3.70. The molecule has 0 saturated carbocycles.